The molecule has 1 heterocycles. The average molecular weight is 238 g/mol. The SMILES string of the molecule is CCNc1cc(NCCNC)nc(NCC)n1. The zero-order valence-electron chi connectivity index (χ0n) is 10.8. The van der Waals surface area contributed by atoms with Crippen molar-refractivity contribution in [3.63, 3.8) is 0 Å². The highest BCUT2D eigenvalue weighted by molar-refractivity contribution is 5.52. The van der Waals surface area contributed by atoms with Crippen LogP contribution >= 0.6 is 0 Å². The lowest BCUT2D eigenvalue weighted by atomic mass is 10.5. The molecule has 1 rings (SSSR count). The van der Waals surface area contributed by atoms with Gasteiger partial charge in [-0.2, -0.15) is 9.97 Å². The Morgan fingerprint density at radius 1 is 0.941 bits per heavy atom. The molecule has 96 valence electrons. The van der Waals surface area contributed by atoms with Crippen molar-refractivity contribution in [1.29, 1.82) is 0 Å². The van der Waals surface area contributed by atoms with E-state index in [9.17, 15) is 0 Å². The van der Waals surface area contributed by atoms with E-state index < -0.39 is 0 Å². The molecule has 0 saturated heterocycles. The molecule has 0 aliphatic rings. The van der Waals surface area contributed by atoms with Crippen LogP contribution in [0.25, 0.3) is 0 Å². The summed E-state index contributed by atoms with van der Waals surface area (Å²) < 4.78 is 0. The highest BCUT2D eigenvalue weighted by Gasteiger charge is 2.02. The minimum atomic E-state index is 0.651. The minimum Gasteiger partial charge on any atom is -0.370 e. The number of aromatic nitrogens is 2. The first-order valence-electron chi connectivity index (χ1n) is 6.05. The quantitative estimate of drug-likeness (QED) is 0.506. The first-order valence-corrected chi connectivity index (χ1v) is 6.05. The summed E-state index contributed by atoms with van der Waals surface area (Å²) in [6.45, 7) is 7.46. The van der Waals surface area contributed by atoms with Crippen molar-refractivity contribution in [2.45, 2.75) is 13.8 Å². The van der Waals surface area contributed by atoms with E-state index in [1.807, 2.05) is 27.0 Å². The van der Waals surface area contributed by atoms with Crippen molar-refractivity contribution in [3.8, 4) is 0 Å². The van der Waals surface area contributed by atoms with Gasteiger partial charge in [0.2, 0.25) is 5.95 Å². The monoisotopic (exact) mass is 238 g/mol. The van der Waals surface area contributed by atoms with Gasteiger partial charge in [-0.15, -0.1) is 0 Å². The third-order valence-corrected chi connectivity index (χ3v) is 2.10. The van der Waals surface area contributed by atoms with Crippen LogP contribution in [0.15, 0.2) is 6.07 Å². The summed E-state index contributed by atoms with van der Waals surface area (Å²) in [5, 5.41) is 12.6. The Kier molecular flexibility index (Phi) is 6.09. The summed E-state index contributed by atoms with van der Waals surface area (Å²) in [6, 6.07) is 1.92. The van der Waals surface area contributed by atoms with Crippen molar-refractivity contribution in [2.24, 2.45) is 0 Å². The summed E-state index contributed by atoms with van der Waals surface area (Å²) in [5.41, 5.74) is 0. The first kappa shape index (κ1) is 13.5. The van der Waals surface area contributed by atoms with Gasteiger partial charge in [0.15, 0.2) is 0 Å². The zero-order chi connectivity index (χ0) is 12.5. The van der Waals surface area contributed by atoms with Gasteiger partial charge < -0.3 is 21.3 Å². The lowest BCUT2D eigenvalue weighted by Gasteiger charge is -2.10. The predicted octanol–water partition coefficient (Wildman–Crippen LogP) is 0.971. The fraction of sp³-hybridized carbons (Fsp3) is 0.636. The second-order valence-corrected chi connectivity index (χ2v) is 3.55. The molecule has 0 spiro atoms. The van der Waals surface area contributed by atoms with Gasteiger partial charge in [-0.1, -0.05) is 0 Å². The Balaban J connectivity index is 2.72. The van der Waals surface area contributed by atoms with Crippen molar-refractivity contribution in [3.05, 3.63) is 6.07 Å². The summed E-state index contributed by atoms with van der Waals surface area (Å²) in [4.78, 5) is 8.73. The van der Waals surface area contributed by atoms with E-state index >= 15 is 0 Å². The second-order valence-electron chi connectivity index (χ2n) is 3.55. The molecule has 0 aromatic carbocycles. The Bertz CT molecular complexity index is 303. The predicted molar refractivity (Wildman–Crippen MR) is 72.8 cm³/mol. The normalized spacial score (nSPS) is 10.1. The van der Waals surface area contributed by atoms with Crippen LogP contribution in [0.2, 0.25) is 0 Å². The van der Waals surface area contributed by atoms with E-state index in [4.69, 9.17) is 0 Å². The van der Waals surface area contributed by atoms with Gasteiger partial charge in [0.1, 0.15) is 11.6 Å². The van der Waals surface area contributed by atoms with Crippen LogP contribution in [0.3, 0.4) is 0 Å². The van der Waals surface area contributed by atoms with Gasteiger partial charge in [-0.25, -0.2) is 0 Å². The van der Waals surface area contributed by atoms with Crippen molar-refractivity contribution in [2.75, 3.05) is 49.2 Å². The summed E-state index contributed by atoms with van der Waals surface area (Å²) in [7, 11) is 1.93. The number of anilines is 3. The molecule has 0 bridgehead atoms. The number of hydrogen-bond acceptors (Lipinski definition) is 6. The average Bonchev–Trinajstić information content (AvgIpc) is 2.30. The maximum absolute atomic E-state index is 4.38. The molecule has 6 nitrogen and oxygen atoms in total. The molecular weight excluding hydrogens is 216 g/mol. The molecule has 0 saturated carbocycles. The Hall–Kier alpha value is -1.56. The van der Waals surface area contributed by atoms with Gasteiger partial charge in [0.25, 0.3) is 0 Å². The van der Waals surface area contributed by atoms with Crippen molar-refractivity contribution < 1.29 is 0 Å². The lowest BCUT2D eigenvalue weighted by Crippen LogP contribution is -2.19. The van der Waals surface area contributed by atoms with Gasteiger partial charge in [0.05, 0.1) is 0 Å². The van der Waals surface area contributed by atoms with Crippen molar-refractivity contribution in [1.82, 2.24) is 15.3 Å². The summed E-state index contributed by atoms with van der Waals surface area (Å²) in [5.74, 6) is 2.32. The zero-order valence-corrected chi connectivity index (χ0v) is 10.8. The summed E-state index contributed by atoms with van der Waals surface area (Å²) >= 11 is 0. The highest BCUT2D eigenvalue weighted by atomic mass is 15.2. The van der Waals surface area contributed by atoms with Crippen LogP contribution in [0.1, 0.15) is 13.8 Å². The van der Waals surface area contributed by atoms with Crippen LogP contribution in [0.5, 0.6) is 0 Å². The van der Waals surface area contributed by atoms with Gasteiger partial charge in [0, 0.05) is 32.2 Å². The largest absolute Gasteiger partial charge is 0.370 e. The molecule has 6 heteroatoms. The van der Waals surface area contributed by atoms with Crippen molar-refractivity contribution >= 4 is 17.6 Å². The molecule has 0 atom stereocenters. The summed E-state index contributed by atoms with van der Waals surface area (Å²) in [6.07, 6.45) is 0. The van der Waals surface area contributed by atoms with Crippen LogP contribution in [-0.2, 0) is 0 Å². The van der Waals surface area contributed by atoms with Crippen LogP contribution < -0.4 is 21.3 Å². The Morgan fingerprint density at radius 2 is 1.59 bits per heavy atom. The van der Waals surface area contributed by atoms with Crippen LogP contribution in [0.4, 0.5) is 17.6 Å². The van der Waals surface area contributed by atoms with E-state index in [1.165, 1.54) is 0 Å². The maximum atomic E-state index is 4.38. The molecular formula is C11H22N6. The molecule has 0 aliphatic heterocycles. The molecule has 0 unspecified atom stereocenters. The molecule has 0 aliphatic carbocycles. The van der Waals surface area contributed by atoms with Gasteiger partial charge in [-0.3, -0.25) is 0 Å². The van der Waals surface area contributed by atoms with E-state index in [0.29, 0.717) is 5.95 Å². The maximum Gasteiger partial charge on any atom is 0.226 e. The fourth-order valence-corrected chi connectivity index (χ4v) is 1.36. The third-order valence-electron chi connectivity index (χ3n) is 2.10. The molecule has 0 radical (unpaired) electrons. The number of rotatable bonds is 8. The topological polar surface area (TPSA) is 73.9 Å². The van der Waals surface area contributed by atoms with Crippen LogP contribution in [0, 0.1) is 0 Å². The van der Waals surface area contributed by atoms with Crippen LogP contribution in [-0.4, -0.2) is 43.2 Å². The van der Waals surface area contributed by atoms with E-state index in [2.05, 4.69) is 31.2 Å². The Labute approximate surface area is 103 Å². The van der Waals surface area contributed by atoms with Gasteiger partial charge >= 0.3 is 0 Å². The standard InChI is InChI=1S/C11H22N6/c1-4-13-9-8-10(15-7-6-12-3)17-11(16-9)14-5-2/h8,12H,4-7H2,1-3H3,(H3,13,14,15,16,17). The highest BCUT2D eigenvalue weighted by Crippen LogP contribution is 2.13. The Morgan fingerprint density at radius 3 is 2.18 bits per heavy atom. The molecule has 1 aromatic heterocycles. The fourth-order valence-electron chi connectivity index (χ4n) is 1.36. The second kappa shape index (κ2) is 7.67. The first-order chi connectivity index (χ1) is 8.30. The molecule has 0 fully saturated rings. The molecule has 1 aromatic rings. The van der Waals surface area contributed by atoms with E-state index in [1.54, 1.807) is 0 Å². The third kappa shape index (κ3) is 4.86. The van der Waals surface area contributed by atoms with E-state index in [0.717, 1.165) is 37.8 Å². The minimum absolute atomic E-state index is 0.651. The number of likely N-dealkylation sites (N-methyl/N-ethyl adjacent to an activating group) is 1. The molecule has 4 N–H and O–H groups in total. The number of nitrogens with zero attached hydrogens (tertiary/aromatic N) is 2. The number of nitrogens with one attached hydrogen (secondary N) is 4. The molecule has 0 amide bonds. The van der Waals surface area contributed by atoms with Gasteiger partial charge in [-0.05, 0) is 20.9 Å². The lowest BCUT2D eigenvalue weighted by molar-refractivity contribution is 0.821. The molecule has 17 heavy (non-hydrogen) atoms. The van der Waals surface area contributed by atoms with E-state index in [-0.39, 0.29) is 0 Å². The smallest absolute Gasteiger partial charge is 0.226 e. The number of hydrogen-bond donors (Lipinski definition) is 4.